The molecule has 0 unspecified atom stereocenters. The molecule has 110 heavy (non-hydrogen) atoms. The van der Waals surface area contributed by atoms with Gasteiger partial charge in [0.25, 0.3) is 6.71 Å². The fourth-order valence-corrected chi connectivity index (χ4v) is 17.7. The summed E-state index contributed by atoms with van der Waals surface area (Å²) in [5, 5.41) is 6.83. The molecule has 2 aliphatic heterocycles. The monoisotopic (exact) mass is 1420 g/mol. The zero-order chi connectivity index (χ0) is 75.6. The number of hydrogen-bond acceptors (Lipinski definition) is 2. The lowest BCUT2D eigenvalue weighted by molar-refractivity contribution is 0.568. The first-order valence-electron chi connectivity index (χ1n) is 38.5. The minimum Gasteiger partial charge on any atom is -0.311 e. The van der Waals surface area contributed by atoms with E-state index in [1.165, 1.54) is 50.0 Å². The Balaban J connectivity index is 0.890. The summed E-state index contributed by atoms with van der Waals surface area (Å²) >= 11 is 0. The molecule has 14 aromatic carbocycles. The highest BCUT2D eigenvalue weighted by Gasteiger charge is 2.44. The standard InChI is InChI=1S/C102H84BN7/c1-99(2,3)66-55-67(100(4,5)6)58-72(57-66)106-94-41-27-20-34-83(94)103-84-35-21-28-42-95(84)107(73-59-68(101(7,8)9)56-69(60-73)102(10,11)12)97-54-65(53-96(106)98(97)103)63-43-47-91-80(51-63)78-33-19-26-40-89(78)110(91)92-48-44-64(79-61-70(104-13)45-49-90(79)108-85-36-22-15-29-74(85)75-30-16-23-37-86(75)108)52-81(92)82-62-71(105-14)46-50-93(82)109-87-38-24-17-31-76(87)77-32-18-25-39-88(77)109/h15-62H,1-12H3. The van der Waals surface area contributed by atoms with Crippen molar-refractivity contribution in [1.29, 1.82) is 0 Å². The SMILES string of the molecule is [C-]#[N+]c1ccc(-n2c3ccccc3c3ccccc32)c(-c2ccc(-n3c4ccccc4c4cc(-c5cc6c7c(c5)N(c5cc(C(C)(C)C)cc(C(C)(C)C)c5)c5ccccc5B7c5ccccc5N6c5cc(C(C)(C)C)cc(C(C)(C)C)c5)ccc43)c(-c3cc([N+]#[C-])ccc3-n3c4ccccc4c4ccccc43)c2)c1. The second-order valence-corrected chi connectivity index (χ2v) is 34.4. The second kappa shape index (κ2) is 24.8. The molecule has 17 aromatic rings. The molecule has 5 heterocycles. The Hall–Kier alpha value is -12.9. The van der Waals surface area contributed by atoms with Gasteiger partial charge in [0.05, 0.1) is 63.3 Å². The molecule has 0 N–H and O–H groups in total. The Morgan fingerprint density at radius 2 is 0.582 bits per heavy atom. The molecule has 2 aliphatic rings. The number of aromatic nitrogens is 3. The van der Waals surface area contributed by atoms with Gasteiger partial charge in [-0.2, -0.15) is 0 Å². The fraction of sp³-hybridized carbons (Fsp3) is 0.157. The predicted octanol–water partition coefficient (Wildman–Crippen LogP) is 26.4. The van der Waals surface area contributed by atoms with Crippen molar-refractivity contribution in [2.75, 3.05) is 9.80 Å². The van der Waals surface area contributed by atoms with Gasteiger partial charge >= 0.3 is 0 Å². The van der Waals surface area contributed by atoms with Gasteiger partial charge in [-0.1, -0.05) is 247 Å². The molecular formula is C102H84BN7. The lowest BCUT2D eigenvalue weighted by atomic mass is 9.33. The van der Waals surface area contributed by atoms with Crippen molar-refractivity contribution in [3.63, 3.8) is 0 Å². The van der Waals surface area contributed by atoms with Gasteiger partial charge in [-0.15, -0.1) is 0 Å². The van der Waals surface area contributed by atoms with Gasteiger partial charge in [-0.05, 0) is 216 Å². The maximum Gasteiger partial charge on any atom is 0.252 e. The maximum absolute atomic E-state index is 8.74. The van der Waals surface area contributed by atoms with E-state index in [0.29, 0.717) is 11.4 Å². The van der Waals surface area contributed by atoms with E-state index in [4.69, 9.17) is 13.1 Å². The average Bonchev–Trinajstić information content (AvgIpc) is 0.992. The highest BCUT2D eigenvalue weighted by molar-refractivity contribution is 7.00. The Bertz CT molecular complexity index is 6510. The number of para-hydroxylation sites is 7. The van der Waals surface area contributed by atoms with Gasteiger partial charge in [0.2, 0.25) is 0 Å². The van der Waals surface area contributed by atoms with Crippen molar-refractivity contribution in [2.45, 2.75) is 105 Å². The summed E-state index contributed by atoms with van der Waals surface area (Å²) in [4.78, 5) is 13.5. The fourth-order valence-electron chi connectivity index (χ4n) is 17.7. The van der Waals surface area contributed by atoms with Crippen molar-refractivity contribution < 1.29 is 0 Å². The van der Waals surface area contributed by atoms with Crippen molar-refractivity contribution in [2.24, 2.45) is 0 Å². The minimum absolute atomic E-state index is 0.0708. The quantitative estimate of drug-likeness (QED) is 0.112. The van der Waals surface area contributed by atoms with Gasteiger partial charge < -0.3 is 23.5 Å². The largest absolute Gasteiger partial charge is 0.311 e. The topological polar surface area (TPSA) is 30.0 Å². The number of fused-ring (bicyclic) bond motifs is 13. The van der Waals surface area contributed by atoms with E-state index in [9.17, 15) is 0 Å². The van der Waals surface area contributed by atoms with E-state index in [2.05, 4.69) is 395 Å². The summed E-state index contributed by atoms with van der Waals surface area (Å²) in [5.41, 5.74) is 31.6. The maximum atomic E-state index is 8.74. The Kier molecular flexibility index (Phi) is 15.3. The molecule has 0 spiro atoms. The molecule has 0 saturated heterocycles. The van der Waals surface area contributed by atoms with Gasteiger partial charge in [0, 0.05) is 72.0 Å². The molecule has 19 rings (SSSR count). The van der Waals surface area contributed by atoms with Crippen LogP contribution in [0.2, 0.25) is 0 Å². The molecule has 3 aromatic heterocycles. The molecule has 0 saturated carbocycles. The highest BCUT2D eigenvalue weighted by Crippen LogP contribution is 2.52. The molecule has 7 nitrogen and oxygen atoms in total. The molecule has 0 fully saturated rings. The molecule has 0 atom stereocenters. The average molecular weight is 1420 g/mol. The van der Waals surface area contributed by atoms with Crippen LogP contribution < -0.4 is 26.2 Å². The Morgan fingerprint density at radius 3 is 0.982 bits per heavy atom. The smallest absolute Gasteiger partial charge is 0.252 e. The summed E-state index contributed by atoms with van der Waals surface area (Å²) in [5.74, 6) is 0. The van der Waals surface area contributed by atoms with E-state index in [-0.39, 0.29) is 28.4 Å². The van der Waals surface area contributed by atoms with Crippen LogP contribution >= 0.6 is 0 Å². The summed E-state index contributed by atoms with van der Waals surface area (Å²) in [7, 11) is 0. The van der Waals surface area contributed by atoms with E-state index in [0.717, 1.165) is 139 Å². The summed E-state index contributed by atoms with van der Waals surface area (Å²) < 4.78 is 7.20. The summed E-state index contributed by atoms with van der Waals surface area (Å²) in [6.07, 6.45) is 0. The summed E-state index contributed by atoms with van der Waals surface area (Å²) in [6.45, 7) is 45.3. The van der Waals surface area contributed by atoms with Crippen molar-refractivity contribution >= 4 is 134 Å². The van der Waals surface area contributed by atoms with E-state index < -0.39 is 0 Å². The lowest BCUT2D eigenvalue weighted by Gasteiger charge is -2.45. The molecular weight excluding hydrogens is 1330 g/mol. The first-order valence-corrected chi connectivity index (χ1v) is 38.5. The summed E-state index contributed by atoms with van der Waals surface area (Å²) in [6, 6.07) is 108. The third-order valence-electron chi connectivity index (χ3n) is 23.4. The van der Waals surface area contributed by atoms with Gasteiger partial charge in [-0.25, -0.2) is 9.69 Å². The Morgan fingerprint density at radius 1 is 0.255 bits per heavy atom. The van der Waals surface area contributed by atoms with Crippen LogP contribution in [0.5, 0.6) is 0 Å². The zero-order valence-electron chi connectivity index (χ0n) is 64.4. The minimum atomic E-state index is -0.135. The predicted molar refractivity (Wildman–Crippen MR) is 467 cm³/mol. The molecule has 530 valence electrons. The van der Waals surface area contributed by atoms with E-state index in [1.54, 1.807) is 0 Å². The normalized spacial score (nSPS) is 13.0. The third kappa shape index (κ3) is 10.7. The van der Waals surface area contributed by atoms with Crippen LogP contribution in [0.4, 0.5) is 45.5 Å². The van der Waals surface area contributed by atoms with E-state index in [1.807, 2.05) is 12.1 Å². The molecule has 8 heteroatoms. The van der Waals surface area contributed by atoms with Crippen LogP contribution in [-0.2, 0) is 21.7 Å². The number of nitrogens with zero attached hydrogens (tertiary/aromatic N) is 7. The first kappa shape index (κ1) is 67.7. The van der Waals surface area contributed by atoms with Crippen molar-refractivity contribution in [3.05, 3.63) is 336 Å². The van der Waals surface area contributed by atoms with Crippen LogP contribution in [0.25, 0.3) is 126 Å². The van der Waals surface area contributed by atoms with Gasteiger partial charge in [0.15, 0.2) is 11.4 Å². The number of anilines is 6. The molecule has 0 amide bonds. The third-order valence-corrected chi connectivity index (χ3v) is 23.4. The lowest BCUT2D eigenvalue weighted by Crippen LogP contribution is -2.61. The first-order chi connectivity index (χ1) is 53.0. The Labute approximate surface area is 644 Å². The number of rotatable bonds is 8. The van der Waals surface area contributed by atoms with Crippen molar-refractivity contribution in [1.82, 2.24) is 13.7 Å². The number of benzene rings is 14. The van der Waals surface area contributed by atoms with Crippen LogP contribution in [0, 0.1) is 13.1 Å². The van der Waals surface area contributed by atoms with E-state index >= 15 is 0 Å². The number of hydrogen-bond donors (Lipinski definition) is 0. The molecule has 0 bridgehead atoms. The molecule has 0 aliphatic carbocycles. The van der Waals surface area contributed by atoms with Gasteiger partial charge in [0.1, 0.15) is 0 Å². The van der Waals surface area contributed by atoms with Gasteiger partial charge in [-0.3, -0.25) is 0 Å². The second-order valence-electron chi connectivity index (χ2n) is 34.4. The highest BCUT2D eigenvalue weighted by atomic mass is 15.2. The van der Waals surface area contributed by atoms with Crippen LogP contribution in [0.15, 0.2) is 291 Å². The van der Waals surface area contributed by atoms with Crippen LogP contribution in [0.3, 0.4) is 0 Å². The molecule has 0 radical (unpaired) electrons. The van der Waals surface area contributed by atoms with Crippen LogP contribution in [0.1, 0.15) is 105 Å². The van der Waals surface area contributed by atoms with Crippen LogP contribution in [-0.4, -0.2) is 20.4 Å². The zero-order valence-corrected chi connectivity index (χ0v) is 64.4. The van der Waals surface area contributed by atoms with Crippen molar-refractivity contribution in [3.8, 4) is 50.4 Å².